The predicted octanol–water partition coefficient (Wildman–Crippen LogP) is -2.68. The lowest BCUT2D eigenvalue weighted by Crippen LogP contribution is -2.55. The van der Waals surface area contributed by atoms with Crippen LogP contribution in [0.1, 0.15) is 0 Å². The standard InChI is InChI=1S/C6H11O6/c7-1-2-3(8)4(9)5(10)6(11)12-2/h2-5,7-11H,1H2/t2-,3-,4+,5-/m1/s1. The molecule has 1 aliphatic heterocycles. The Kier molecular flexibility index (Phi) is 2.99. The van der Waals surface area contributed by atoms with Crippen molar-refractivity contribution in [3.8, 4) is 0 Å². The molecule has 0 aromatic rings. The van der Waals surface area contributed by atoms with Crippen molar-refractivity contribution in [3.05, 3.63) is 6.29 Å². The minimum Gasteiger partial charge on any atom is -0.394 e. The molecule has 0 amide bonds. The van der Waals surface area contributed by atoms with Gasteiger partial charge in [0.1, 0.15) is 24.4 Å². The van der Waals surface area contributed by atoms with Gasteiger partial charge in [-0.1, -0.05) is 0 Å². The van der Waals surface area contributed by atoms with E-state index >= 15 is 0 Å². The van der Waals surface area contributed by atoms with Gasteiger partial charge in [-0.3, -0.25) is 0 Å². The number of rotatable bonds is 1. The highest BCUT2D eigenvalue weighted by atomic mass is 16.6. The topological polar surface area (TPSA) is 110 Å². The van der Waals surface area contributed by atoms with Crippen molar-refractivity contribution in [2.75, 3.05) is 6.61 Å². The van der Waals surface area contributed by atoms with Crippen LogP contribution in [0.5, 0.6) is 0 Å². The average Bonchev–Trinajstić information content (AvgIpc) is 2.08. The molecule has 1 aliphatic rings. The van der Waals surface area contributed by atoms with Crippen LogP contribution in [0.15, 0.2) is 0 Å². The second-order valence-corrected chi connectivity index (χ2v) is 2.60. The Morgan fingerprint density at radius 1 is 1.17 bits per heavy atom. The largest absolute Gasteiger partial charge is 0.394 e. The third-order valence-electron chi connectivity index (χ3n) is 1.76. The van der Waals surface area contributed by atoms with Crippen molar-refractivity contribution < 1.29 is 30.3 Å². The molecule has 4 atom stereocenters. The molecule has 0 aliphatic carbocycles. The third kappa shape index (κ3) is 1.58. The summed E-state index contributed by atoms with van der Waals surface area (Å²) in [6.07, 6.45) is -6.44. The molecule has 6 nitrogen and oxygen atoms in total. The SMILES string of the molecule is OC[C@H]1O[C](O)[C@H](O)[C@@H](O)[C@@H]1O. The summed E-state index contributed by atoms with van der Waals surface area (Å²) >= 11 is 0. The van der Waals surface area contributed by atoms with E-state index < -0.39 is 37.3 Å². The monoisotopic (exact) mass is 179 g/mol. The van der Waals surface area contributed by atoms with Crippen molar-refractivity contribution in [2.45, 2.75) is 24.4 Å². The maximum atomic E-state index is 9.11. The van der Waals surface area contributed by atoms with Crippen molar-refractivity contribution in [1.82, 2.24) is 0 Å². The lowest BCUT2D eigenvalue weighted by Gasteiger charge is -2.36. The molecule has 0 aromatic carbocycles. The second-order valence-electron chi connectivity index (χ2n) is 2.60. The Morgan fingerprint density at radius 2 is 1.75 bits per heavy atom. The molecule has 0 spiro atoms. The van der Waals surface area contributed by atoms with Gasteiger partial charge in [0.2, 0.25) is 0 Å². The highest BCUT2D eigenvalue weighted by Gasteiger charge is 2.43. The van der Waals surface area contributed by atoms with Crippen LogP contribution in [0.2, 0.25) is 0 Å². The summed E-state index contributed by atoms with van der Waals surface area (Å²) < 4.78 is 4.49. The summed E-state index contributed by atoms with van der Waals surface area (Å²) in [4.78, 5) is 0. The maximum absolute atomic E-state index is 9.11. The maximum Gasteiger partial charge on any atom is 0.254 e. The Balaban J connectivity index is 2.63. The first-order valence-electron chi connectivity index (χ1n) is 3.45. The fourth-order valence-electron chi connectivity index (χ4n) is 0.993. The molecular formula is C6H11O6. The van der Waals surface area contributed by atoms with E-state index in [1.165, 1.54) is 0 Å². The summed E-state index contributed by atoms with van der Waals surface area (Å²) in [5, 5.41) is 44.5. The molecule has 1 radical (unpaired) electrons. The summed E-state index contributed by atoms with van der Waals surface area (Å²) in [6.45, 7) is -0.547. The fraction of sp³-hybridized carbons (Fsp3) is 0.833. The van der Waals surface area contributed by atoms with E-state index in [9.17, 15) is 0 Å². The van der Waals surface area contributed by atoms with Gasteiger partial charge in [0.25, 0.3) is 6.29 Å². The number of aliphatic hydroxyl groups is 5. The van der Waals surface area contributed by atoms with E-state index in [1.807, 2.05) is 0 Å². The van der Waals surface area contributed by atoms with Crippen LogP contribution in [0.25, 0.3) is 0 Å². The van der Waals surface area contributed by atoms with Crippen LogP contribution in [-0.4, -0.2) is 56.6 Å². The van der Waals surface area contributed by atoms with Gasteiger partial charge in [-0.05, 0) is 0 Å². The van der Waals surface area contributed by atoms with Crippen LogP contribution < -0.4 is 0 Å². The Morgan fingerprint density at radius 3 is 2.25 bits per heavy atom. The second kappa shape index (κ2) is 3.65. The minimum atomic E-state index is -1.62. The normalized spacial score (nSPS) is 44.8. The molecule has 0 bridgehead atoms. The number of ether oxygens (including phenoxy) is 1. The van der Waals surface area contributed by atoms with E-state index in [0.29, 0.717) is 0 Å². The van der Waals surface area contributed by atoms with E-state index in [0.717, 1.165) is 0 Å². The zero-order valence-corrected chi connectivity index (χ0v) is 6.16. The van der Waals surface area contributed by atoms with E-state index in [4.69, 9.17) is 25.5 Å². The van der Waals surface area contributed by atoms with Crippen molar-refractivity contribution in [1.29, 1.82) is 0 Å². The highest BCUT2D eigenvalue weighted by Crippen LogP contribution is 2.23. The quantitative estimate of drug-likeness (QED) is 0.300. The highest BCUT2D eigenvalue weighted by molar-refractivity contribution is 4.95. The lowest BCUT2D eigenvalue weighted by molar-refractivity contribution is -0.230. The molecule has 12 heavy (non-hydrogen) atoms. The van der Waals surface area contributed by atoms with Gasteiger partial charge in [-0.2, -0.15) is 0 Å². The predicted molar refractivity (Wildman–Crippen MR) is 35.2 cm³/mol. The molecule has 1 heterocycles. The van der Waals surface area contributed by atoms with Gasteiger partial charge in [-0.15, -0.1) is 0 Å². The smallest absolute Gasteiger partial charge is 0.254 e. The summed E-state index contributed by atoms with van der Waals surface area (Å²) in [6, 6.07) is 0. The Labute approximate surface area is 68.6 Å². The van der Waals surface area contributed by atoms with Gasteiger partial charge < -0.3 is 30.3 Å². The molecule has 1 fully saturated rings. The van der Waals surface area contributed by atoms with E-state index in [-0.39, 0.29) is 0 Å². The van der Waals surface area contributed by atoms with Crippen molar-refractivity contribution in [2.24, 2.45) is 0 Å². The summed E-state index contributed by atoms with van der Waals surface area (Å²) in [7, 11) is 0. The molecule has 6 heteroatoms. The first-order valence-corrected chi connectivity index (χ1v) is 3.45. The fourth-order valence-corrected chi connectivity index (χ4v) is 0.993. The van der Waals surface area contributed by atoms with Crippen LogP contribution in [-0.2, 0) is 4.74 Å². The molecular weight excluding hydrogens is 168 g/mol. The van der Waals surface area contributed by atoms with Crippen LogP contribution >= 0.6 is 0 Å². The van der Waals surface area contributed by atoms with Gasteiger partial charge in [-0.25, -0.2) is 0 Å². The molecule has 5 N–H and O–H groups in total. The molecule has 0 unspecified atom stereocenters. The van der Waals surface area contributed by atoms with Gasteiger partial charge in [0.05, 0.1) is 6.61 Å². The Hall–Kier alpha value is -0.240. The van der Waals surface area contributed by atoms with Crippen LogP contribution in [0.3, 0.4) is 0 Å². The molecule has 1 saturated heterocycles. The summed E-state index contributed by atoms with van der Waals surface area (Å²) in [5.74, 6) is 0. The van der Waals surface area contributed by atoms with Crippen molar-refractivity contribution in [3.63, 3.8) is 0 Å². The Bertz CT molecular complexity index is 146. The third-order valence-corrected chi connectivity index (χ3v) is 1.76. The number of aliphatic hydroxyl groups excluding tert-OH is 5. The molecule has 71 valence electrons. The zero-order chi connectivity index (χ0) is 9.30. The van der Waals surface area contributed by atoms with Crippen LogP contribution in [0, 0.1) is 6.29 Å². The lowest BCUT2D eigenvalue weighted by atomic mass is 10.00. The van der Waals surface area contributed by atoms with E-state index in [2.05, 4.69) is 4.74 Å². The molecule has 0 aromatic heterocycles. The zero-order valence-electron chi connectivity index (χ0n) is 6.16. The molecule has 0 saturated carbocycles. The molecule has 1 rings (SSSR count). The van der Waals surface area contributed by atoms with Crippen molar-refractivity contribution >= 4 is 0 Å². The van der Waals surface area contributed by atoms with Gasteiger partial charge >= 0.3 is 0 Å². The minimum absolute atomic E-state index is 0.547. The van der Waals surface area contributed by atoms with E-state index in [1.54, 1.807) is 0 Å². The number of hydrogen-bond donors (Lipinski definition) is 5. The van der Waals surface area contributed by atoms with Gasteiger partial charge in [0, 0.05) is 0 Å². The first kappa shape index (κ1) is 9.85. The van der Waals surface area contributed by atoms with Crippen LogP contribution in [0.4, 0.5) is 0 Å². The number of hydrogen-bond acceptors (Lipinski definition) is 6. The average molecular weight is 179 g/mol. The van der Waals surface area contributed by atoms with Gasteiger partial charge in [0.15, 0.2) is 0 Å². The first-order chi connectivity index (χ1) is 5.57. The summed E-state index contributed by atoms with van der Waals surface area (Å²) in [5.41, 5.74) is 0.